The van der Waals surface area contributed by atoms with Crippen molar-refractivity contribution in [3.8, 4) is 22.3 Å². The van der Waals surface area contributed by atoms with Gasteiger partial charge >= 0.3 is 0 Å². The fourth-order valence-electron chi connectivity index (χ4n) is 5.64. The first-order valence-electron chi connectivity index (χ1n) is 14.6. The number of aromatic nitrogens is 4. The Bertz CT molecular complexity index is 1900. The molecule has 6 rings (SSSR count). The second-order valence-corrected chi connectivity index (χ2v) is 11.8. The molecule has 0 spiro atoms. The van der Waals surface area contributed by atoms with Crippen LogP contribution in [0.25, 0.3) is 33.3 Å². The molecule has 4 heterocycles. The van der Waals surface area contributed by atoms with E-state index in [4.69, 9.17) is 11.6 Å². The molecule has 10 heteroatoms. The number of hydrogen-bond acceptors (Lipinski definition) is 7. The lowest BCUT2D eigenvalue weighted by atomic mass is 9.89. The summed E-state index contributed by atoms with van der Waals surface area (Å²) in [4.78, 5) is 42.8. The van der Waals surface area contributed by atoms with Gasteiger partial charge in [-0.3, -0.25) is 14.2 Å². The standard InChI is InChI=1S/C34H34ClN7O2/c1-21(43)41(3)31-12-8-25(19-36-31)24-7-11-30(35)28(17-24)29-18-26-20-37-34(39-32(26)42(4)33(29)44)38-27-9-5-22(6-10-27)23-13-15-40(2)16-14-23/h5-12,17-20,23H,13-16H2,1-4H3,(H,37,38,39). The molecule has 1 aliphatic rings. The summed E-state index contributed by atoms with van der Waals surface area (Å²) in [6.45, 7) is 3.74. The van der Waals surface area contributed by atoms with Crippen molar-refractivity contribution in [1.82, 2.24) is 24.4 Å². The van der Waals surface area contributed by atoms with E-state index in [1.807, 2.05) is 18.2 Å². The molecule has 2 aromatic carbocycles. The predicted molar refractivity (Wildman–Crippen MR) is 177 cm³/mol. The number of likely N-dealkylation sites (tertiary alicyclic amines) is 1. The molecule has 1 fully saturated rings. The molecule has 9 nitrogen and oxygen atoms in total. The van der Waals surface area contributed by atoms with E-state index in [2.05, 4.69) is 56.5 Å². The van der Waals surface area contributed by atoms with Gasteiger partial charge in [-0.05, 0) is 92.5 Å². The van der Waals surface area contributed by atoms with E-state index >= 15 is 0 Å². The lowest BCUT2D eigenvalue weighted by Crippen LogP contribution is -2.29. The number of halogens is 1. The summed E-state index contributed by atoms with van der Waals surface area (Å²) in [5.41, 5.74) is 5.26. The van der Waals surface area contributed by atoms with Crippen LogP contribution in [0.15, 0.2) is 77.9 Å². The highest BCUT2D eigenvalue weighted by Gasteiger charge is 2.19. The molecule has 1 aliphatic heterocycles. The quantitative estimate of drug-likeness (QED) is 0.244. The van der Waals surface area contributed by atoms with Crippen LogP contribution in [0.5, 0.6) is 0 Å². The zero-order valence-electron chi connectivity index (χ0n) is 25.2. The first kappa shape index (κ1) is 29.5. The molecule has 44 heavy (non-hydrogen) atoms. The summed E-state index contributed by atoms with van der Waals surface area (Å²) in [6, 6.07) is 19.4. The largest absolute Gasteiger partial charge is 0.324 e. The maximum absolute atomic E-state index is 13.6. The number of fused-ring (bicyclic) bond motifs is 1. The highest BCUT2D eigenvalue weighted by Crippen LogP contribution is 2.33. The zero-order valence-corrected chi connectivity index (χ0v) is 26.0. The molecule has 0 unspecified atom stereocenters. The number of anilines is 3. The predicted octanol–water partition coefficient (Wildman–Crippen LogP) is 6.25. The number of hydrogen-bond donors (Lipinski definition) is 1. The number of carbonyl (C=O) groups is 1. The summed E-state index contributed by atoms with van der Waals surface area (Å²) in [6.07, 6.45) is 5.76. The third-order valence-electron chi connectivity index (χ3n) is 8.46. The second kappa shape index (κ2) is 12.2. The minimum atomic E-state index is -0.222. The van der Waals surface area contributed by atoms with Crippen molar-refractivity contribution in [1.29, 1.82) is 0 Å². The fraction of sp³-hybridized carbons (Fsp3) is 0.265. The van der Waals surface area contributed by atoms with Crippen molar-refractivity contribution in [2.45, 2.75) is 25.7 Å². The average molecular weight is 608 g/mol. The highest BCUT2D eigenvalue weighted by molar-refractivity contribution is 6.33. The van der Waals surface area contributed by atoms with Gasteiger partial charge in [-0.15, -0.1) is 0 Å². The Kier molecular flexibility index (Phi) is 8.16. The van der Waals surface area contributed by atoms with E-state index in [0.717, 1.165) is 29.9 Å². The number of aryl methyl sites for hydroxylation is 1. The van der Waals surface area contributed by atoms with Crippen LogP contribution >= 0.6 is 11.6 Å². The topological polar surface area (TPSA) is 96.3 Å². The molecule has 1 N–H and O–H groups in total. The van der Waals surface area contributed by atoms with Crippen LogP contribution in [0.4, 0.5) is 17.5 Å². The molecule has 0 radical (unpaired) electrons. The van der Waals surface area contributed by atoms with Gasteiger partial charge in [0.05, 0.1) is 0 Å². The van der Waals surface area contributed by atoms with Gasteiger partial charge in [0.25, 0.3) is 5.56 Å². The molecular formula is C34H34ClN7O2. The van der Waals surface area contributed by atoms with Gasteiger partial charge in [0.2, 0.25) is 11.9 Å². The minimum Gasteiger partial charge on any atom is -0.324 e. The van der Waals surface area contributed by atoms with E-state index in [-0.39, 0.29) is 11.5 Å². The minimum absolute atomic E-state index is 0.102. The SMILES string of the molecule is CC(=O)N(C)c1ccc(-c2ccc(Cl)c(-c3cc4cnc(Nc5ccc(C6CCN(C)CC6)cc5)nc4n(C)c3=O)c2)cn1. The summed E-state index contributed by atoms with van der Waals surface area (Å²) in [5, 5.41) is 4.45. The highest BCUT2D eigenvalue weighted by atomic mass is 35.5. The number of amides is 1. The van der Waals surface area contributed by atoms with Crippen molar-refractivity contribution in [3.05, 3.63) is 94.0 Å². The first-order valence-corrected chi connectivity index (χ1v) is 15.0. The van der Waals surface area contributed by atoms with Crippen LogP contribution in [-0.4, -0.2) is 57.5 Å². The van der Waals surface area contributed by atoms with Crippen molar-refractivity contribution in [2.24, 2.45) is 7.05 Å². The zero-order chi connectivity index (χ0) is 31.0. The molecule has 3 aromatic heterocycles. The van der Waals surface area contributed by atoms with Crippen LogP contribution < -0.4 is 15.8 Å². The Labute approximate surface area is 261 Å². The fourth-order valence-corrected chi connectivity index (χ4v) is 5.86. The Balaban J connectivity index is 1.26. The van der Waals surface area contributed by atoms with E-state index in [0.29, 0.717) is 44.9 Å². The second-order valence-electron chi connectivity index (χ2n) is 11.4. The van der Waals surface area contributed by atoms with Gasteiger partial charge < -0.3 is 15.1 Å². The van der Waals surface area contributed by atoms with E-state index < -0.39 is 0 Å². The molecule has 0 atom stereocenters. The maximum atomic E-state index is 13.6. The maximum Gasteiger partial charge on any atom is 0.259 e. The summed E-state index contributed by atoms with van der Waals surface area (Å²) < 4.78 is 1.53. The number of piperidine rings is 1. The van der Waals surface area contributed by atoms with Gasteiger partial charge in [-0.1, -0.05) is 29.8 Å². The van der Waals surface area contributed by atoms with Crippen molar-refractivity contribution < 1.29 is 4.79 Å². The summed E-state index contributed by atoms with van der Waals surface area (Å²) >= 11 is 6.63. The molecule has 5 aromatic rings. The first-order chi connectivity index (χ1) is 21.2. The number of benzene rings is 2. The lowest BCUT2D eigenvalue weighted by molar-refractivity contribution is -0.116. The number of nitrogens with one attached hydrogen (secondary N) is 1. The molecule has 0 saturated carbocycles. The molecule has 1 saturated heterocycles. The Morgan fingerprint density at radius 2 is 1.66 bits per heavy atom. The normalized spacial score (nSPS) is 14.1. The van der Waals surface area contributed by atoms with Crippen molar-refractivity contribution in [2.75, 3.05) is 37.4 Å². The molecular weight excluding hydrogens is 574 g/mol. The Hall–Kier alpha value is -4.60. The Morgan fingerprint density at radius 1 is 0.932 bits per heavy atom. The van der Waals surface area contributed by atoms with Crippen LogP contribution in [0.2, 0.25) is 5.02 Å². The van der Waals surface area contributed by atoms with E-state index in [1.165, 1.54) is 34.8 Å². The van der Waals surface area contributed by atoms with Crippen molar-refractivity contribution in [3.63, 3.8) is 0 Å². The number of nitrogens with zero attached hydrogens (tertiary/aromatic N) is 6. The van der Waals surface area contributed by atoms with Crippen molar-refractivity contribution >= 4 is 46.0 Å². The van der Waals surface area contributed by atoms with Gasteiger partial charge in [-0.2, -0.15) is 4.98 Å². The molecule has 224 valence electrons. The third kappa shape index (κ3) is 5.93. The number of rotatable bonds is 6. The van der Waals surface area contributed by atoms with Gasteiger partial charge in [0.15, 0.2) is 0 Å². The summed E-state index contributed by atoms with van der Waals surface area (Å²) in [7, 11) is 5.55. The monoisotopic (exact) mass is 607 g/mol. The van der Waals surface area contributed by atoms with Crippen LogP contribution in [0.1, 0.15) is 31.2 Å². The van der Waals surface area contributed by atoms with E-state index in [9.17, 15) is 9.59 Å². The van der Waals surface area contributed by atoms with Gasteiger partial charge in [-0.25, -0.2) is 9.97 Å². The van der Waals surface area contributed by atoms with E-state index in [1.54, 1.807) is 44.7 Å². The Morgan fingerprint density at radius 3 is 2.34 bits per heavy atom. The average Bonchev–Trinajstić information content (AvgIpc) is 3.04. The van der Waals surface area contributed by atoms with Crippen LogP contribution in [-0.2, 0) is 11.8 Å². The number of carbonyl (C=O) groups excluding carboxylic acids is 1. The van der Waals surface area contributed by atoms with Crippen LogP contribution in [0, 0.1) is 0 Å². The third-order valence-corrected chi connectivity index (χ3v) is 8.79. The lowest BCUT2D eigenvalue weighted by Gasteiger charge is -2.29. The molecule has 0 bridgehead atoms. The molecule has 1 amide bonds. The smallest absolute Gasteiger partial charge is 0.259 e. The molecule has 0 aliphatic carbocycles. The number of pyridine rings is 2. The summed E-state index contributed by atoms with van der Waals surface area (Å²) in [5.74, 6) is 1.46. The van der Waals surface area contributed by atoms with Gasteiger partial charge in [0, 0.05) is 66.2 Å². The van der Waals surface area contributed by atoms with Crippen LogP contribution in [0.3, 0.4) is 0 Å². The van der Waals surface area contributed by atoms with Gasteiger partial charge in [0.1, 0.15) is 11.5 Å².